The van der Waals surface area contributed by atoms with Crippen molar-refractivity contribution < 1.29 is 32.7 Å². The van der Waals surface area contributed by atoms with Crippen molar-refractivity contribution in [1.82, 2.24) is 10.2 Å². The highest BCUT2D eigenvalue weighted by atomic mass is 19.4. The van der Waals surface area contributed by atoms with Gasteiger partial charge in [0.1, 0.15) is 6.04 Å². The van der Waals surface area contributed by atoms with Gasteiger partial charge in [-0.1, -0.05) is 18.2 Å². The summed E-state index contributed by atoms with van der Waals surface area (Å²) in [6.45, 7) is 1.21. The van der Waals surface area contributed by atoms with Crippen molar-refractivity contribution in [2.75, 3.05) is 0 Å². The highest BCUT2D eigenvalue weighted by Gasteiger charge is 2.44. The number of imide groups is 1. The number of alkyl halides is 3. The molecule has 0 fully saturated rings. The average molecular weight is 343 g/mol. The summed E-state index contributed by atoms with van der Waals surface area (Å²) in [6, 6.07) is -0.195. The van der Waals surface area contributed by atoms with E-state index in [1.165, 1.54) is 13.0 Å². The molecule has 0 saturated heterocycles. The van der Waals surface area contributed by atoms with Gasteiger partial charge in [0.15, 0.2) is 0 Å². The van der Waals surface area contributed by atoms with Crippen molar-refractivity contribution in [1.29, 1.82) is 0 Å². The van der Waals surface area contributed by atoms with Crippen LogP contribution in [0.2, 0.25) is 0 Å². The number of carbonyl (C=O) groups is 3. The van der Waals surface area contributed by atoms with Gasteiger partial charge in [0.2, 0.25) is 0 Å². The van der Waals surface area contributed by atoms with E-state index in [9.17, 15) is 32.7 Å². The maximum atomic E-state index is 13.3. The van der Waals surface area contributed by atoms with E-state index < -0.39 is 46.9 Å². The van der Waals surface area contributed by atoms with Crippen LogP contribution in [0.25, 0.3) is 0 Å². The first kappa shape index (κ1) is 17.3. The van der Waals surface area contributed by atoms with E-state index in [2.05, 4.69) is 5.32 Å². The molecule has 128 valence electrons. The summed E-state index contributed by atoms with van der Waals surface area (Å²) >= 11 is 0. The van der Waals surface area contributed by atoms with Gasteiger partial charge in [0.05, 0.1) is 11.1 Å². The molecule has 0 bridgehead atoms. The summed E-state index contributed by atoms with van der Waals surface area (Å²) in [4.78, 5) is 35.3. The Bertz CT molecular complexity index is 758. The van der Waals surface area contributed by atoms with Crippen LogP contribution < -0.4 is 11.1 Å². The van der Waals surface area contributed by atoms with Crippen LogP contribution in [0.1, 0.15) is 24.1 Å². The maximum Gasteiger partial charge on any atom is 0.416 e. The van der Waals surface area contributed by atoms with E-state index in [1.807, 2.05) is 0 Å². The molecule has 4 amide bonds. The van der Waals surface area contributed by atoms with Crippen LogP contribution >= 0.6 is 0 Å². The number of halogens is 3. The van der Waals surface area contributed by atoms with Crippen LogP contribution in [0.5, 0.6) is 0 Å². The molecule has 0 spiro atoms. The van der Waals surface area contributed by atoms with E-state index in [4.69, 9.17) is 5.73 Å². The number of nitrogens with two attached hydrogens (primary N) is 1. The molecule has 0 aliphatic carbocycles. The first-order valence-electron chi connectivity index (χ1n) is 6.55. The zero-order valence-corrected chi connectivity index (χ0v) is 12.2. The molecule has 1 aliphatic heterocycles. The number of nitrogens with zero attached hydrogens (tertiary/aromatic N) is 1. The summed E-state index contributed by atoms with van der Waals surface area (Å²) in [6.07, 6.45) is -4.81. The Balaban J connectivity index is 2.80. The minimum absolute atomic E-state index is 0.174. The second-order valence-corrected chi connectivity index (χ2v) is 4.97. The highest BCUT2D eigenvalue weighted by Crippen LogP contribution is 2.40. The number of rotatable bonds is 2. The maximum absolute atomic E-state index is 13.3. The van der Waals surface area contributed by atoms with Crippen LogP contribution in [-0.4, -0.2) is 28.0 Å². The molecule has 1 aliphatic rings. The molecule has 0 saturated carbocycles. The predicted octanol–water partition coefficient (Wildman–Crippen LogP) is 2.21. The van der Waals surface area contributed by atoms with Crippen molar-refractivity contribution in [3.63, 3.8) is 0 Å². The normalized spacial score (nSPS) is 18.4. The monoisotopic (exact) mass is 343 g/mol. The summed E-state index contributed by atoms with van der Waals surface area (Å²) in [7, 11) is 0. The molecule has 0 aromatic heterocycles. The lowest BCUT2D eigenvalue weighted by atomic mass is 9.90. The Morgan fingerprint density at radius 2 is 1.88 bits per heavy atom. The third kappa shape index (κ3) is 2.90. The lowest BCUT2D eigenvalue weighted by Gasteiger charge is -2.35. The van der Waals surface area contributed by atoms with Crippen molar-refractivity contribution in [3.05, 3.63) is 46.7 Å². The second-order valence-electron chi connectivity index (χ2n) is 4.97. The summed E-state index contributed by atoms with van der Waals surface area (Å²) < 4.78 is 39.8. The smallest absolute Gasteiger partial charge is 0.416 e. The molecule has 1 heterocycles. The second kappa shape index (κ2) is 5.87. The third-order valence-corrected chi connectivity index (χ3v) is 3.48. The van der Waals surface area contributed by atoms with Crippen molar-refractivity contribution in [2.45, 2.75) is 19.1 Å². The summed E-state index contributed by atoms with van der Waals surface area (Å²) in [5.41, 5.74) is 2.60. The number of benzene rings is 1. The molecule has 7 nitrogen and oxygen atoms in total. The van der Waals surface area contributed by atoms with Gasteiger partial charge in [0, 0.05) is 5.70 Å². The minimum atomic E-state index is -4.81. The molecule has 0 radical (unpaired) electrons. The van der Waals surface area contributed by atoms with Crippen LogP contribution in [0.3, 0.4) is 0 Å². The van der Waals surface area contributed by atoms with Crippen molar-refractivity contribution in [2.24, 2.45) is 5.73 Å². The molecule has 10 heteroatoms. The van der Waals surface area contributed by atoms with Crippen LogP contribution in [0.4, 0.5) is 22.8 Å². The fraction of sp³-hybridized carbons (Fsp3) is 0.214. The SMILES string of the molecule is CC1=C(C(=O)O)C(c2ccccc2C(F)(F)F)N(C(N)=O)C(=O)N1. The highest BCUT2D eigenvalue weighted by molar-refractivity contribution is 6.00. The lowest BCUT2D eigenvalue weighted by Crippen LogP contribution is -2.53. The van der Waals surface area contributed by atoms with E-state index in [0.29, 0.717) is 0 Å². The van der Waals surface area contributed by atoms with Gasteiger partial charge in [0.25, 0.3) is 0 Å². The van der Waals surface area contributed by atoms with E-state index in [0.717, 1.165) is 18.2 Å². The largest absolute Gasteiger partial charge is 0.478 e. The van der Waals surface area contributed by atoms with E-state index in [-0.39, 0.29) is 10.6 Å². The number of carboxylic acid groups (broad SMARTS) is 1. The van der Waals surface area contributed by atoms with Crippen LogP contribution in [0.15, 0.2) is 35.5 Å². The molecular weight excluding hydrogens is 331 g/mol. The van der Waals surface area contributed by atoms with Crippen molar-refractivity contribution in [3.8, 4) is 0 Å². The van der Waals surface area contributed by atoms with Gasteiger partial charge in [-0.3, -0.25) is 0 Å². The Labute approximate surface area is 133 Å². The van der Waals surface area contributed by atoms with Gasteiger partial charge < -0.3 is 16.2 Å². The number of aliphatic carboxylic acids is 1. The molecule has 1 atom stereocenters. The fourth-order valence-corrected chi connectivity index (χ4v) is 2.53. The van der Waals surface area contributed by atoms with Gasteiger partial charge in [-0.25, -0.2) is 19.3 Å². The number of carbonyl (C=O) groups excluding carboxylic acids is 2. The molecule has 1 aromatic rings. The number of hydrogen-bond donors (Lipinski definition) is 3. The number of urea groups is 2. The number of nitrogens with one attached hydrogen (secondary N) is 1. The number of allylic oxidation sites excluding steroid dienone is 1. The fourth-order valence-electron chi connectivity index (χ4n) is 2.53. The zero-order chi connectivity index (χ0) is 18.2. The Hall–Kier alpha value is -3.04. The topological polar surface area (TPSA) is 113 Å². The van der Waals surface area contributed by atoms with Crippen LogP contribution in [-0.2, 0) is 11.0 Å². The summed E-state index contributed by atoms with van der Waals surface area (Å²) in [5, 5.41) is 11.5. The van der Waals surface area contributed by atoms with Crippen LogP contribution in [0, 0.1) is 0 Å². The molecule has 24 heavy (non-hydrogen) atoms. The Morgan fingerprint density at radius 1 is 1.29 bits per heavy atom. The first-order chi connectivity index (χ1) is 11.1. The molecule has 1 unspecified atom stereocenters. The minimum Gasteiger partial charge on any atom is -0.478 e. The molecule has 2 rings (SSSR count). The van der Waals surface area contributed by atoms with Gasteiger partial charge in [-0.15, -0.1) is 0 Å². The molecule has 1 aromatic carbocycles. The third-order valence-electron chi connectivity index (χ3n) is 3.48. The van der Waals surface area contributed by atoms with E-state index >= 15 is 0 Å². The Morgan fingerprint density at radius 3 is 2.38 bits per heavy atom. The molecular formula is C14H12F3N3O4. The standard InChI is InChI=1S/C14H12F3N3O4/c1-6-9(11(21)22)10(20(12(18)23)13(24)19-6)7-4-2-3-5-8(7)14(15,16)17/h2-5,10H,1H3,(H2,18,23)(H,19,24)(H,21,22). The first-order valence-corrected chi connectivity index (χ1v) is 6.55. The van der Waals surface area contributed by atoms with Crippen molar-refractivity contribution >= 4 is 18.0 Å². The zero-order valence-electron chi connectivity index (χ0n) is 12.2. The van der Waals surface area contributed by atoms with E-state index in [1.54, 1.807) is 0 Å². The quantitative estimate of drug-likeness (QED) is 0.764. The predicted molar refractivity (Wildman–Crippen MR) is 74.5 cm³/mol. The number of carboxylic acids is 1. The number of amides is 4. The Kier molecular flexibility index (Phi) is 4.24. The number of primary amides is 1. The average Bonchev–Trinajstić information content (AvgIpc) is 2.44. The molecule has 4 N–H and O–H groups in total. The summed E-state index contributed by atoms with van der Waals surface area (Å²) in [5.74, 6) is -1.58. The number of hydrogen-bond acceptors (Lipinski definition) is 3. The van der Waals surface area contributed by atoms with Gasteiger partial charge in [-0.2, -0.15) is 13.2 Å². The van der Waals surface area contributed by atoms with Gasteiger partial charge >= 0.3 is 24.2 Å². The van der Waals surface area contributed by atoms with Gasteiger partial charge in [-0.05, 0) is 18.6 Å². The lowest BCUT2D eigenvalue weighted by molar-refractivity contribution is -0.139.